The lowest BCUT2D eigenvalue weighted by molar-refractivity contribution is -0.141. The van der Waals surface area contributed by atoms with Crippen LogP contribution in [0.2, 0.25) is 0 Å². The Kier molecular flexibility index (Phi) is 16.3. The average Bonchev–Trinajstić information content (AvgIpc) is 3.02. The Morgan fingerprint density at radius 2 is 1.67 bits per heavy atom. The number of carboxylic acid groups (broad SMARTS) is 1. The third-order valence-corrected chi connectivity index (χ3v) is 7.99. The predicted molar refractivity (Wildman–Crippen MR) is 170 cm³/mol. The molecule has 1 amide bonds. The van der Waals surface area contributed by atoms with Crippen LogP contribution in [0.3, 0.4) is 0 Å². The van der Waals surface area contributed by atoms with E-state index in [0.717, 1.165) is 37.8 Å². The number of carbonyl (C=O) groups is 2. The topological polar surface area (TPSA) is 107 Å². The summed E-state index contributed by atoms with van der Waals surface area (Å²) < 4.78 is 36.5. The molecule has 3 rings (SSSR count). The summed E-state index contributed by atoms with van der Waals surface area (Å²) in [7, 11) is 1.36. The van der Waals surface area contributed by atoms with Crippen LogP contribution in [-0.4, -0.2) is 80.2 Å². The molecule has 0 spiro atoms. The molecule has 0 saturated heterocycles. The van der Waals surface area contributed by atoms with E-state index in [1.54, 1.807) is 6.07 Å². The molecule has 0 saturated carbocycles. The monoisotopic (exact) mass is 630 g/mol. The van der Waals surface area contributed by atoms with Crippen molar-refractivity contribution in [1.29, 1.82) is 0 Å². The van der Waals surface area contributed by atoms with E-state index in [2.05, 4.69) is 26.0 Å². The van der Waals surface area contributed by atoms with Gasteiger partial charge in [0.05, 0.1) is 52.6 Å². The number of unbranched alkanes of at least 4 members (excludes halogenated alkanes) is 1. The van der Waals surface area contributed by atoms with Gasteiger partial charge in [0.15, 0.2) is 11.6 Å². The lowest BCUT2D eigenvalue weighted by Gasteiger charge is -2.32. The smallest absolute Gasteiger partial charge is 0.305 e. The lowest BCUT2D eigenvalue weighted by atomic mass is 9.95. The minimum atomic E-state index is -1.09. The number of aromatic nitrogens is 1. The molecule has 1 aliphatic carbocycles. The van der Waals surface area contributed by atoms with Gasteiger partial charge in [0.1, 0.15) is 0 Å². The van der Waals surface area contributed by atoms with Crippen molar-refractivity contribution < 1.29 is 38.0 Å². The van der Waals surface area contributed by atoms with Gasteiger partial charge in [-0.05, 0) is 86.6 Å². The largest absolute Gasteiger partial charge is 0.494 e. The van der Waals surface area contributed by atoms with Gasteiger partial charge in [-0.1, -0.05) is 26.0 Å². The Hall–Kier alpha value is -3.08. The van der Waals surface area contributed by atoms with Crippen LogP contribution in [0.1, 0.15) is 87.3 Å². The normalized spacial score (nSPS) is 13.4. The number of aryl methyl sites for hydroxylation is 3. The third kappa shape index (κ3) is 13.0. The summed E-state index contributed by atoms with van der Waals surface area (Å²) in [5, 5.41) is 9.72. The first kappa shape index (κ1) is 36.4. The molecule has 1 aromatic heterocycles. The number of nitrogens with zero attached hydrogens (tertiary/aromatic N) is 2. The number of carbonyl (C=O) groups excluding carboxylic acids is 1. The van der Waals surface area contributed by atoms with Crippen LogP contribution < -0.4 is 4.74 Å². The van der Waals surface area contributed by atoms with Crippen molar-refractivity contribution in [2.45, 2.75) is 84.1 Å². The van der Waals surface area contributed by atoms with Crippen molar-refractivity contribution in [3.05, 3.63) is 58.7 Å². The number of aliphatic carboxylic acids is 1. The number of pyridine rings is 1. The predicted octanol–water partition coefficient (Wildman–Crippen LogP) is 5.96. The summed E-state index contributed by atoms with van der Waals surface area (Å²) in [4.78, 5) is 31.8. The third-order valence-electron chi connectivity index (χ3n) is 7.99. The minimum Gasteiger partial charge on any atom is -0.494 e. The molecule has 1 N–H and O–H groups in total. The van der Waals surface area contributed by atoms with Gasteiger partial charge in [-0.3, -0.25) is 14.6 Å². The highest BCUT2D eigenvalue weighted by atomic mass is 19.1. The molecule has 45 heavy (non-hydrogen) atoms. The van der Waals surface area contributed by atoms with Crippen molar-refractivity contribution in [2.24, 2.45) is 5.92 Å². The van der Waals surface area contributed by atoms with Crippen LogP contribution in [-0.2, 0) is 43.1 Å². The maximum atomic E-state index is 14.7. The summed E-state index contributed by atoms with van der Waals surface area (Å²) in [5.41, 5.74) is 3.97. The fraction of sp³-hybridized carbons (Fsp3) is 0.629. The minimum absolute atomic E-state index is 0.0511. The molecule has 250 valence electrons. The van der Waals surface area contributed by atoms with E-state index in [4.69, 9.17) is 23.9 Å². The molecule has 1 aliphatic rings. The molecule has 0 unspecified atom stereocenters. The fourth-order valence-electron chi connectivity index (χ4n) is 5.43. The van der Waals surface area contributed by atoms with E-state index >= 15 is 0 Å². The Morgan fingerprint density at radius 1 is 0.956 bits per heavy atom. The molecule has 2 aromatic rings. The first-order valence-electron chi connectivity index (χ1n) is 16.3. The molecular weight excluding hydrogens is 579 g/mol. The second kappa shape index (κ2) is 20.1. The van der Waals surface area contributed by atoms with Crippen molar-refractivity contribution in [2.75, 3.05) is 53.3 Å². The summed E-state index contributed by atoms with van der Waals surface area (Å²) in [6, 6.07) is 7.71. The summed E-state index contributed by atoms with van der Waals surface area (Å²) >= 11 is 0. The van der Waals surface area contributed by atoms with Crippen molar-refractivity contribution >= 4 is 11.9 Å². The number of carboxylic acids is 1. The Labute approximate surface area is 267 Å². The highest BCUT2D eigenvalue weighted by Crippen LogP contribution is 2.29. The van der Waals surface area contributed by atoms with E-state index in [-0.39, 0.29) is 37.6 Å². The van der Waals surface area contributed by atoms with Crippen LogP contribution in [0.5, 0.6) is 5.75 Å². The number of methoxy groups -OCH3 is 1. The van der Waals surface area contributed by atoms with Gasteiger partial charge in [-0.25, -0.2) is 4.39 Å². The van der Waals surface area contributed by atoms with Gasteiger partial charge in [-0.15, -0.1) is 0 Å². The van der Waals surface area contributed by atoms with Gasteiger partial charge in [-0.2, -0.15) is 0 Å². The number of ether oxygens (including phenoxy) is 4. The Morgan fingerprint density at radius 3 is 2.36 bits per heavy atom. The lowest BCUT2D eigenvalue weighted by Crippen LogP contribution is -2.38. The van der Waals surface area contributed by atoms with E-state index in [1.165, 1.54) is 48.2 Å². The maximum Gasteiger partial charge on any atom is 0.305 e. The zero-order valence-electron chi connectivity index (χ0n) is 27.2. The second-order valence-corrected chi connectivity index (χ2v) is 11.9. The van der Waals surface area contributed by atoms with Gasteiger partial charge in [0.2, 0.25) is 5.91 Å². The first-order chi connectivity index (χ1) is 21.8. The molecule has 0 fully saturated rings. The second-order valence-electron chi connectivity index (χ2n) is 11.9. The first-order valence-corrected chi connectivity index (χ1v) is 16.3. The Bertz CT molecular complexity index is 1190. The number of benzene rings is 1. The number of fused-ring (bicyclic) bond motifs is 1. The standard InChI is InChI=1S/C35H51FN2O7/c1-26(2)16-18-43-20-22-45-23-21-44-19-17-38(32(25-35(40)41)28-13-15-33(42-3)30(36)24-28)34(39)11-7-5-9-29-14-12-27-8-4-6-10-31(27)37-29/h12-15,24,26,32H,4-11,16-23,25H2,1-3H3,(H,40,41)/t32-/m0/s1. The van der Waals surface area contributed by atoms with Crippen LogP contribution >= 0.6 is 0 Å². The van der Waals surface area contributed by atoms with E-state index in [1.807, 2.05) is 0 Å². The van der Waals surface area contributed by atoms with Crippen molar-refractivity contribution in [3.63, 3.8) is 0 Å². The van der Waals surface area contributed by atoms with Gasteiger partial charge < -0.3 is 29.0 Å². The van der Waals surface area contributed by atoms with Crippen molar-refractivity contribution in [3.8, 4) is 5.75 Å². The van der Waals surface area contributed by atoms with Gasteiger partial charge in [0.25, 0.3) is 0 Å². The summed E-state index contributed by atoms with van der Waals surface area (Å²) in [6.45, 7) is 7.05. The van der Waals surface area contributed by atoms with Crippen LogP contribution in [0, 0.1) is 11.7 Å². The number of halogens is 1. The summed E-state index contributed by atoms with van der Waals surface area (Å²) in [5.74, 6) is -1.25. The van der Waals surface area contributed by atoms with Crippen LogP contribution in [0.25, 0.3) is 0 Å². The molecule has 1 aromatic carbocycles. The quantitative estimate of drug-likeness (QED) is 0.159. The van der Waals surface area contributed by atoms with Crippen molar-refractivity contribution in [1.82, 2.24) is 9.88 Å². The highest BCUT2D eigenvalue weighted by molar-refractivity contribution is 5.78. The SMILES string of the molecule is COc1ccc([C@H](CC(=O)O)N(CCOCCOCCOCCC(C)C)C(=O)CCCCc2ccc3c(n2)CCCC3)cc1F. The molecule has 9 nitrogen and oxygen atoms in total. The zero-order chi connectivity index (χ0) is 32.4. The van der Waals surface area contributed by atoms with E-state index in [9.17, 15) is 19.1 Å². The highest BCUT2D eigenvalue weighted by Gasteiger charge is 2.28. The van der Waals surface area contributed by atoms with Gasteiger partial charge >= 0.3 is 5.97 Å². The molecule has 0 aliphatic heterocycles. The number of hydrogen-bond donors (Lipinski definition) is 1. The number of amides is 1. The van der Waals surface area contributed by atoms with E-state index < -0.39 is 17.8 Å². The average molecular weight is 631 g/mol. The van der Waals surface area contributed by atoms with E-state index in [0.29, 0.717) is 50.9 Å². The number of hydrogen-bond acceptors (Lipinski definition) is 7. The Balaban J connectivity index is 1.56. The molecular formula is C35H51FN2O7. The summed E-state index contributed by atoms with van der Waals surface area (Å²) in [6.07, 6.45) is 7.56. The zero-order valence-corrected chi connectivity index (χ0v) is 27.2. The van der Waals surface area contributed by atoms with Crippen LogP contribution in [0.15, 0.2) is 30.3 Å². The molecule has 10 heteroatoms. The molecule has 1 atom stereocenters. The maximum absolute atomic E-state index is 14.7. The van der Waals surface area contributed by atoms with Gasteiger partial charge in [0, 0.05) is 31.0 Å². The number of rotatable bonds is 22. The molecule has 1 heterocycles. The fourth-order valence-corrected chi connectivity index (χ4v) is 5.43. The van der Waals surface area contributed by atoms with Crippen LogP contribution in [0.4, 0.5) is 4.39 Å². The molecule has 0 radical (unpaired) electrons. The molecule has 0 bridgehead atoms.